The molecule has 0 bridgehead atoms. The van der Waals surface area contributed by atoms with Crippen LogP contribution >= 0.6 is 15.9 Å². The average Bonchev–Trinajstić information content (AvgIpc) is 2.36. The molecule has 0 saturated carbocycles. The van der Waals surface area contributed by atoms with Gasteiger partial charge >= 0.3 is 5.97 Å². The highest BCUT2D eigenvalue weighted by Gasteiger charge is 2.22. The summed E-state index contributed by atoms with van der Waals surface area (Å²) in [4.78, 5) is 11.4. The van der Waals surface area contributed by atoms with Crippen LogP contribution in [0.5, 0.6) is 0 Å². The van der Waals surface area contributed by atoms with E-state index < -0.39 is 23.6 Å². The van der Waals surface area contributed by atoms with Crippen LogP contribution in [0.15, 0.2) is 46.9 Å². The lowest BCUT2D eigenvalue weighted by molar-refractivity contribution is -0.138. The molecule has 0 aromatic heterocycles. The molecule has 0 heterocycles. The maximum Gasteiger partial charge on any atom is 0.330 e. The maximum absolute atomic E-state index is 13.1. The second-order valence-electron chi connectivity index (χ2n) is 4.09. The Kier molecular flexibility index (Phi) is 4.34. The van der Waals surface area contributed by atoms with Gasteiger partial charge in [0.1, 0.15) is 11.6 Å². The van der Waals surface area contributed by atoms with Crippen molar-refractivity contribution in [3.63, 3.8) is 0 Å². The van der Waals surface area contributed by atoms with E-state index in [1.165, 1.54) is 36.4 Å². The summed E-state index contributed by atoms with van der Waals surface area (Å²) in [5, 5.41) is 12.0. The summed E-state index contributed by atoms with van der Waals surface area (Å²) in [6.07, 6.45) is 0. The largest absolute Gasteiger partial charge is 0.479 e. The number of anilines is 1. The van der Waals surface area contributed by atoms with Crippen LogP contribution in [0.2, 0.25) is 0 Å². The van der Waals surface area contributed by atoms with E-state index in [2.05, 4.69) is 21.2 Å². The van der Waals surface area contributed by atoms with Gasteiger partial charge in [-0.3, -0.25) is 0 Å². The summed E-state index contributed by atoms with van der Waals surface area (Å²) < 4.78 is 26.5. The van der Waals surface area contributed by atoms with E-state index in [-0.39, 0.29) is 0 Å². The van der Waals surface area contributed by atoms with Crippen LogP contribution in [-0.2, 0) is 4.79 Å². The molecule has 0 spiro atoms. The van der Waals surface area contributed by atoms with Gasteiger partial charge in [-0.1, -0.05) is 28.1 Å². The Labute approximate surface area is 122 Å². The molecule has 2 rings (SSSR count). The summed E-state index contributed by atoms with van der Waals surface area (Å²) in [7, 11) is 0. The number of nitrogens with one attached hydrogen (secondary N) is 1. The van der Waals surface area contributed by atoms with Crippen LogP contribution in [0.3, 0.4) is 0 Å². The van der Waals surface area contributed by atoms with E-state index in [0.717, 1.165) is 0 Å². The van der Waals surface area contributed by atoms with Gasteiger partial charge in [-0.25, -0.2) is 13.6 Å². The quantitative estimate of drug-likeness (QED) is 0.884. The van der Waals surface area contributed by atoms with Gasteiger partial charge in [-0.2, -0.15) is 0 Å². The number of carbonyl (C=O) groups is 1. The normalized spacial score (nSPS) is 11.9. The van der Waals surface area contributed by atoms with Crippen LogP contribution < -0.4 is 5.32 Å². The van der Waals surface area contributed by atoms with Crippen molar-refractivity contribution in [1.29, 1.82) is 0 Å². The molecule has 6 heteroatoms. The zero-order valence-corrected chi connectivity index (χ0v) is 11.7. The van der Waals surface area contributed by atoms with E-state index in [9.17, 15) is 18.7 Å². The van der Waals surface area contributed by atoms with Crippen molar-refractivity contribution >= 4 is 27.6 Å². The standard InChI is InChI=1S/C14H10BrF2NO2/c15-12-7-9(17)4-5-11(12)13(14(19)20)18-10-3-1-2-8(16)6-10/h1-7,13,18H,(H,19,20). The Balaban J connectivity index is 2.34. The first-order chi connectivity index (χ1) is 9.47. The molecule has 0 amide bonds. The van der Waals surface area contributed by atoms with Crippen molar-refractivity contribution in [3.05, 3.63) is 64.1 Å². The first kappa shape index (κ1) is 14.5. The van der Waals surface area contributed by atoms with Gasteiger partial charge in [0.15, 0.2) is 6.04 Å². The fraction of sp³-hybridized carbons (Fsp3) is 0.0714. The zero-order chi connectivity index (χ0) is 14.7. The van der Waals surface area contributed by atoms with Gasteiger partial charge in [0.2, 0.25) is 0 Å². The minimum Gasteiger partial charge on any atom is -0.479 e. The van der Waals surface area contributed by atoms with Crippen molar-refractivity contribution in [2.24, 2.45) is 0 Å². The fourth-order valence-electron chi connectivity index (χ4n) is 1.75. The highest BCUT2D eigenvalue weighted by molar-refractivity contribution is 9.10. The van der Waals surface area contributed by atoms with E-state index in [0.29, 0.717) is 15.7 Å². The zero-order valence-electron chi connectivity index (χ0n) is 10.1. The summed E-state index contributed by atoms with van der Waals surface area (Å²) in [5.74, 6) is -2.10. The smallest absolute Gasteiger partial charge is 0.330 e. The number of rotatable bonds is 4. The topological polar surface area (TPSA) is 49.3 Å². The number of carboxylic acids is 1. The van der Waals surface area contributed by atoms with Gasteiger partial charge < -0.3 is 10.4 Å². The van der Waals surface area contributed by atoms with Crippen molar-refractivity contribution in [3.8, 4) is 0 Å². The van der Waals surface area contributed by atoms with Gasteiger partial charge in [0, 0.05) is 10.2 Å². The molecular weight excluding hydrogens is 332 g/mol. The molecule has 1 atom stereocenters. The van der Waals surface area contributed by atoms with E-state index in [1.54, 1.807) is 6.07 Å². The molecule has 0 aliphatic heterocycles. The Morgan fingerprint density at radius 1 is 1.15 bits per heavy atom. The third-order valence-corrected chi connectivity index (χ3v) is 3.34. The lowest BCUT2D eigenvalue weighted by atomic mass is 10.1. The molecular formula is C14H10BrF2NO2. The monoisotopic (exact) mass is 341 g/mol. The van der Waals surface area contributed by atoms with E-state index >= 15 is 0 Å². The molecule has 3 nitrogen and oxygen atoms in total. The van der Waals surface area contributed by atoms with E-state index in [1.807, 2.05) is 0 Å². The van der Waals surface area contributed by atoms with Gasteiger partial charge in [0.05, 0.1) is 0 Å². The van der Waals surface area contributed by atoms with Crippen molar-refractivity contribution in [2.45, 2.75) is 6.04 Å². The number of hydrogen-bond donors (Lipinski definition) is 2. The summed E-state index contributed by atoms with van der Waals surface area (Å²) >= 11 is 3.13. The summed E-state index contributed by atoms with van der Waals surface area (Å²) in [6, 6.07) is 8.06. The van der Waals surface area contributed by atoms with Crippen molar-refractivity contribution in [2.75, 3.05) is 5.32 Å². The minimum absolute atomic E-state index is 0.327. The molecule has 0 aliphatic carbocycles. The molecule has 20 heavy (non-hydrogen) atoms. The summed E-state index contributed by atoms with van der Waals surface area (Å²) in [6.45, 7) is 0. The van der Waals surface area contributed by atoms with Crippen molar-refractivity contribution in [1.82, 2.24) is 0 Å². The molecule has 1 unspecified atom stereocenters. The molecule has 104 valence electrons. The molecule has 0 radical (unpaired) electrons. The van der Waals surface area contributed by atoms with Crippen molar-refractivity contribution < 1.29 is 18.7 Å². The number of halogens is 3. The third kappa shape index (κ3) is 3.33. The Bertz CT molecular complexity index is 649. The lowest BCUT2D eigenvalue weighted by Gasteiger charge is -2.17. The average molecular weight is 342 g/mol. The van der Waals surface area contributed by atoms with Crippen LogP contribution in [0.4, 0.5) is 14.5 Å². The fourth-order valence-corrected chi connectivity index (χ4v) is 2.33. The highest BCUT2D eigenvalue weighted by atomic mass is 79.9. The predicted molar refractivity (Wildman–Crippen MR) is 74.5 cm³/mol. The molecule has 2 aromatic rings. The number of carboxylic acid groups (broad SMARTS) is 1. The maximum atomic E-state index is 13.1. The van der Waals surface area contributed by atoms with Gasteiger partial charge in [-0.15, -0.1) is 0 Å². The Morgan fingerprint density at radius 3 is 2.45 bits per heavy atom. The van der Waals surface area contributed by atoms with Crippen LogP contribution in [0.25, 0.3) is 0 Å². The number of hydrogen-bond acceptors (Lipinski definition) is 2. The second-order valence-corrected chi connectivity index (χ2v) is 4.95. The molecule has 2 N–H and O–H groups in total. The third-order valence-electron chi connectivity index (χ3n) is 2.66. The van der Waals surface area contributed by atoms with Crippen LogP contribution in [0, 0.1) is 11.6 Å². The van der Waals surface area contributed by atoms with Crippen LogP contribution in [-0.4, -0.2) is 11.1 Å². The summed E-state index contributed by atoms with van der Waals surface area (Å²) in [5.41, 5.74) is 0.678. The molecule has 2 aromatic carbocycles. The first-order valence-corrected chi connectivity index (χ1v) is 6.46. The molecule has 0 saturated heterocycles. The van der Waals surface area contributed by atoms with E-state index in [4.69, 9.17) is 0 Å². The predicted octanol–water partition coefficient (Wildman–Crippen LogP) is 3.97. The highest BCUT2D eigenvalue weighted by Crippen LogP contribution is 2.27. The minimum atomic E-state index is -1.15. The Hall–Kier alpha value is -1.95. The Morgan fingerprint density at radius 2 is 1.85 bits per heavy atom. The molecule has 0 aliphatic rings. The molecule has 0 fully saturated rings. The van der Waals surface area contributed by atoms with Gasteiger partial charge in [0.25, 0.3) is 0 Å². The number of aliphatic carboxylic acids is 1. The first-order valence-electron chi connectivity index (χ1n) is 5.67. The van der Waals surface area contributed by atoms with Gasteiger partial charge in [-0.05, 0) is 35.9 Å². The number of benzene rings is 2. The van der Waals surface area contributed by atoms with Crippen LogP contribution in [0.1, 0.15) is 11.6 Å². The second kappa shape index (κ2) is 6.00. The lowest BCUT2D eigenvalue weighted by Crippen LogP contribution is -2.21. The SMILES string of the molecule is O=C(O)C(Nc1cccc(F)c1)c1ccc(F)cc1Br.